The fraction of sp³-hybridized carbons (Fsp3) is 0. The van der Waals surface area contributed by atoms with Crippen molar-refractivity contribution >= 4 is 22.7 Å². The lowest BCUT2D eigenvalue weighted by Crippen LogP contribution is -1.73. The second-order valence-corrected chi connectivity index (χ2v) is 4.87. The fourth-order valence-electron chi connectivity index (χ4n) is 1.95. The van der Waals surface area contributed by atoms with E-state index in [1.807, 2.05) is 36.4 Å². The molecule has 0 saturated heterocycles. The van der Waals surface area contributed by atoms with Gasteiger partial charge in [-0.05, 0) is 36.4 Å². The highest BCUT2D eigenvalue weighted by Crippen LogP contribution is 2.43. The van der Waals surface area contributed by atoms with Crippen LogP contribution in [0, 0.1) is 0 Å². The molecule has 24 heavy (non-hydrogen) atoms. The smallest absolute Gasteiger partial charge is 0.174 e. The highest BCUT2D eigenvalue weighted by atomic mass is 16.3. The molecule has 0 bridgehead atoms. The summed E-state index contributed by atoms with van der Waals surface area (Å²) in [4.78, 5) is 0. The Morgan fingerprint density at radius 1 is 0.542 bits per heavy atom. The molecule has 0 atom stereocenters. The molecule has 0 heterocycles. The van der Waals surface area contributed by atoms with E-state index in [-0.39, 0.29) is 22.9 Å². The number of phenols is 2. The Balaban J connectivity index is 1.90. The third-order valence-electron chi connectivity index (χ3n) is 3.16. The largest absolute Gasteiger partial charge is 0.505 e. The molecule has 0 amide bonds. The van der Waals surface area contributed by atoms with Crippen molar-refractivity contribution in [2.24, 2.45) is 20.5 Å². The number of aromatic hydroxyl groups is 2. The van der Waals surface area contributed by atoms with Crippen LogP contribution in [-0.4, -0.2) is 10.2 Å². The summed E-state index contributed by atoms with van der Waals surface area (Å²) in [7, 11) is 0. The van der Waals surface area contributed by atoms with Crippen molar-refractivity contribution in [1.29, 1.82) is 0 Å². The van der Waals surface area contributed by atoms with Crippen molar-refractivity contribution in [3.8, 4) is 11.5 Å². The van der Waals surface area contributed by atoms with E-state index in [2.05, 4.69) is 20.5 Å². The van der Waals surface area contributed by atoms with Gasteiger partial charge < -0.3 is 10.2 Å². The van der Waals surface area contributed by atoms with Gasteiger partial charge in [0.15, 0.2) is 11.4 Å². The molecular formula is C18H14N4O2. The number of hydrogen-bond donors (Lipinski definition) is 2. The Hall–Kier alpha value is -3.54. The molecular weight excluding hydrogens is 304 g/mol. The van der Waals surface area contributed by atoms with Gasteiger partial charge in [-0.3, -0.25) is 0 Å². The molecule has 3 aromatic carbocycles. The first kappa shape index (κ1) is 15.4. The van der Waals surface area contributed by atoms with E-state index < -0.39 is 0 Å². The van der Waals surface area contributed by atoms with E-state index in [9.17, 15) is 10.2 Å². The average Bonchev–Trinajstić information content (AvgIpc) is 2.63. The van der Waals surface area contributed by atoms with E-state index in [4.69, 9.17) is 0 Å². The van der Waals surface area contributed by atoms with Crippen LogP contribution < -0.4 is 0 Å². The number of benzene rings is 3. The minimum absolute atomic E-state index is 0.0524. The van der Waals surface area contributed by atoms with Crippen LogP contribution in [0.5, 0.6) is 11.5 Å². The zero-order valence-corrected chi connectivity index (χ0v) is 12.6. The molecule has 0 aliphatic carbocycles. The molecule has 0 saturated carbocycles. The van der Waals surface area contributed by atoms with E-state index in [0.29, 0.717) is 11.4 Å². The van der Waals surface area contributed by atoms with Crippen LogP contribution in [0.2, 0.25) is 0 Å². The standard InChI is InChI=1S/C18H14N4O2/c23-16-12-11-15(21-19-13-7-3-1-4-8-13)18(24)17(16)22-20-14-9-5-2-6-10-14/h1-12,23-24H/b21-19+,22-20+. The Labute approximate surface area is 138 Å². The first-order valence-electron chi connectivity index (χ1n) is 7.22. The summed E-state index contributed by atoms with van der Waals surface area (Å²) in [5.41, 5.74) is 1.40. The number of phenolic OH excluding ortho intramolecular Hbond substituents is 2. The van der Waals surface area contributed by atoms with Gasteiger partial charge in [0, 0.05) is 0 Å². The fourth-order valence-corrected chi connectivity index (χ4v) is 1.95. The summed E-state index contributed by atoms with van der Waals surface area (Å²) in [5, 5.41) is 36.1. The number of nitrogens with zero attached hydrogens (tertiary/aromatic N) is 4. The molecule has 0 aliphatic heterocycles. The van der Waals surface area contributed by atoms with Crippen molar-refractivity contribution in [3.63, 3.8) is 0 Å². The zero-order chi connectivity index (χ0) is 16.8. The summed E-state index contributed by atoms with van der Waals surface area (Å²) in [5.74, 6) is -0.472. The van der Waals surface area contributed by atoms with Crippen molar-refractivity contribution in [3.05, 3.63) is 72.8 Å². The van der Waals surface area contributed by atoms with Crippen LogP contribution in [0.4, 0.5) is 22.7 Å². The SMILES string of the molecule is Oc1ccc(/N=N/c2ccccc2)c(O)c1/N=N/c1ccccc1. The van der Waals surface area contributed by atoms with Gasteiger partial charge in [0.05, 0.1) is 11.4 Å². The van der Waals surface area contributed by atoms with Gasteiger partial charge in [-0.1, -0.05) is 36.4 Å². The molecule has 0 aromatic heterocycles. The summed E-state index contributed by atoms with van der Waals surface area (Å²) < 4.78 is 0. The van der Waals surface area contributed by atoms with Crippen molar-refractivity contribution < 1.29 is 10.2 Å². The van der Waals surface area contributed by atoms with E-state index in [0.717, 1.165) is 0 Å². The molecule has 0 radical (unpaired) electrons. The van der Waals surface area contributed by atoms with Crippen molar-refractivity contribution in [2.75, 3.05) is 0 Å². The normalized spacial score (nSPS) is 11.3. The summed E-state index contributed by atoms with van der Waals surface area (Å²) >= 11 is 0. The molecule has 6 heteroatoms. The topological polar surface area (TPSA) is 89.9 Å². The average molecular weight is 318 g/mol. The van der Waals surface area contributed by atoms with Crippen LogP contribution in [-0.2, 0) is 0 Å². The molecule has 3 rings (SSSR count). The molecule has 3 aromatic rings. The third-order valence-corrected chi connectivity index (χ3v) is 3.16. The maximum Gasteiger partial charge on any atom is 0.174 e. The predicted octanol–water partition coefficient (Wildman–Crippen LogP) is 5.93. The van der Waals surface area contributed by atoms with Gasteiger partial charge >= 0.3 is 0 Å². The van der Waals surface area contributed by atoms with Gasteiger partial charge in [-0.2, -0.15) is 10.2 Å². The lowest BCUT2D eigenvalue weighted by Gasteiger charge is -2.03. The first-order chi connectivity index (χ1) is 11.7. The first-order valence-corrected chi connectivity index (χ1v) is 7.22. The number of rotatable bonds is 4. The van der Waals surface area contributed by atoms with Crippen LogP contribution >= 0.6 is 0 Å². The minimum atomic E-state index is -0.283. The van der Waals surface area contributed by atoms with Gasteiger partial charge in [-0.25, -0.2) is 0 Å². The molecule has 0 unspecified atom stereocenters. The lowest BCUT2D eigenvalue weighted by molar-refractivity contribution is 0.453. The molecule has 0 spiro atoms. The summed E-state index contributed by atoms with van der Waals surface area (Å²) in [6, 6.07) is 21.0. The summed E-state index contributed by atoms with van der Waals surface area (Å²) in [6.45, 7) is 0. The van der Waals surface area contributed by atoms with E-state index in [1.54, 1.807) is 24.3 Å². The summed E-state index contributed by atoms with van der Waals surface area (Å²) in [6.07, 6.45) is 0. The molecule has 118 valence electrons. The predicted molar refractivity (Wildman–Crippen MR) is 91.0 cm³/mol. The zero-order valence-electron chi connectivity index (χ0n) is 12.6. The quantitative estimate of drug-likeness (QED) is 0.584. The number of azo groups is 2. The Morgan fingerprint density at radius 3 is 1.67 bits per heavy atom. The Morgan fingerprint density at radius 2 is 1.08 bits per heavy atom. The van der Waals surface area contributed by atoms with Crippen molar-refractivity contribution in [1.82, 2.24) is 0 Å². The van der Waals surface area contributed by atoms with E-state index in [1.165, 1.54) is 12.1 Å². The lowest BCUT2D eigenvalue weighted by atomic mass is 10.2. The Bertz CT molecular complexity index is 878. The van der Waals surface area contributed by atoms with Gasteiger partial charge in [0.25, 0.3) is 0 Å². The molecule has 2 N–H and O–H groups in total. The van der Waals surface area contributed by atoms with Crippen LogP contribution in [0.25, 0.3) is 0 Å². The maximum absolute atomic E-state index is 10.3. The van der Waals surface area contributed by atoms with Crippen molar-refractivity contribution in [2.45, 2.75) is 0 Å². The third kappa shape index (κ3) is 3.61. The number of hydrogen-bond acceptors (Lipinski definition) is 6. The van der Waals surface area contributed by atoms with Crippen LogP contribution in [0.15, 0.2) is 93.3 Å². The van der Waals surface area contributed by atoms with Gasteiger partial charge in [0.1, 0.15) is 11.4 Å². The minimum Gasteiger partial charge on any atom is -0.505 e. The van der Waals surface area contributed by atoms with Gasteiger partial charge in [-0.15, -0.1) is 10.2 Å². The second-order valence-electron chi connectivity index (χ2n) is 4.87. The highest BCUT2D eigenvalue weighted by Gasteiger charge is 2.12. The molecule has 6 nitrogen and oxygen atoms in total. The highest BCUT2D eigenvalue weighted by molar-refractivity contribution is 5.71. The Kier molecular flexibility index (Phi) is 4.57. The van der Waals surface area contributed by atoms with Crippen LogP contribution in [0.3, 0.4) is 0 Å². The molecule has 0 aliphatic rings. The molecule has 0 fully saturated rings. The van der Waals surface area contributed by atoms with E-state index >= 15 is 0 Å². The van der Waals surface area contributed by atoms with Crippen LogP contribution in [0.1, 0.15) is 0 Å². The maximum atomic E-state index is 10.3. The second kappa shape index (κ2) is 7.15. The monoisotopic (exact) mass is 318 g/mol. The van der Waals surface area contributed by atoms with Gasteiger partial charge in [0.2, 0.25) is 0 Å².